The SMILES string of the molecule is Nc1ccc(-c2cc3c(cn2)ncn3-c2cccc(F)c2)cn1. The minimum Gasteiger partial charge on any atom is -0.384 e. The summed E-state index contributed by atoms with van der Waals surface area (Å²) in [6.07, 6.45) is 5.02. The smallest absolute Gasteiger partial charge is 0.125 e. The van der Waals surface area contributed by atoms with Crippen LogP contribution in [0.15, 0.2) is 61.2 Å². The molecule has 4 rings (SSSR count). The van der Waals surface area contributed by atoms with Gasteiger partial charge in [0.15, 0.2) is 0 Å². The van der Waals surface area contributed by atoms with E-state index in [2.05, 4.69) is 15.0 Å². The molecule has 0 atom stereocenters. The summed E-state index contributed by atoms with van der Waals surface area (Å²) < 4.78 is 15.3. The molecule has 0 bridgehead atoms. The summed E-state index contributed by atoms with van der Waals surface area (Å²) in [5.41, 5.74) is 9.51. The van der Waals surface area contributed by atoms with E-state index in [0.29, 0.717) is 11.5 Å². The molecular formula is C17H12FN5. The van der Waals surface area contributed by atoms with Gasteiger partial charge in [-0.2, -0.15) is 0 Å². The van der Waals surface area contributed by atoms with Crippen LogP contribution in [0.4, 0.5) is 10.2 Å². The normalized spacial score (nSPS) is 11.0. The lowest BCUT2D eigenvalue weighted by Gasteiger charge is -2.06. The van der Waals surface area contributed by atoms with Crippen LogP contribution in [0.3, 0.4) is 0 Å². The monoisotopic (exact) mass is 305 g/mol. The third-order valence-corrected chi connectivity index (χ3v) is 3.60. The number of hydrogen-bond acceptors (Lipinski definition) is 4. The quantitative estimate of drug-likeness (QED) is 0.617. The van der Waals surface area contributed by atoms with Crippen molar-refractivity contribution >= 4 is 16.9 Å². The van der Waals surface area contributed by atoms with Gasteiger partial charge < -0.3 is 5.73 Å². The van der Waals surface area contributed by atoms with E-state index in [9.17, 15) is 4.39 Å². The van der Waals surface area contributed by atoms with Crippen molar-refractivity contribution in [3.8, 4) is 16.9 Å². The van der Waals surface area contributed by atoms with Crippen molar-refractivity contribution in [3.05, 3.63) is 67.0 Å². The van der Waals surface area contributed by atoms with E-state index in [0.717, 1.165) is 22.3 Å². The molecular weight excluding hydrogens is 293 g/mol. The van der Waals surface area contributed by atoms with Gasteiger partial charge in [-0.1, -0.05) is 6.07 Å². The van der Waals surface area contributed by atoms with Crippen LogP contribution in [0, 0.1) is 5.82 Å². The number of nitrogens with two attached hydrogens (primary N) is 1. The maximum atomic E-state index is 13.5. The van der Waals surface area contributed by atoms with Gasteiger partial charge in [-0.25, -0.2) is 14.4 Å². The number of halogens is 1. The number of rotatable bonds is 2. The van der Waals surface area contributed by atoms with Crippen molar-refractivity contribution < 1.29 is 4.39 Å². The van der Waals surface area contributed by atoms with Crippen LogP contribution in [0.5, 0.6) is 0 Å². The molecule has 6 heteroatoms. The van der Waals surface area contributed by atoms with E-state index in [4.69, 9.17) is 5.73 Å². The summed E-state index contributed by atoms with van der Waals surface area (Å²) in [6.45, 7) is 0. The first-order valence-electron chi connectivity index (χ1n) is 7.02. The average molecular weight is 305 g/mol. The fraction of sp³-hybridized carbons (Fsp3) is 0. The number of benzene rings is 1. The van der Waals surface area contributed by atoms with Crippen molar-refractivity contribution in [1.29, 1.82) is 0 Å². The number of pyridine rings is 2. The second kappa shape index (κ2) is 5.17. The van der Waals surface area contributed by atoms with Gasteiger partial charge in [-0.05, 0) is 36.4 Å². The molecule has 2 N–H and O–H groups in total. The van der Waals surface area contributed by atoms with Crippen molar-refractivity contribution in [2.24, 2.45) is 0 Å². The molecule has 112 valence electrons. The molecule has 0 amide bonds. The number of anilines is 1. The van der Waals surface area contributed by atoms with E-state index in [-0.39, 0.29) is 5.82 Å². The van der Waals surface area contributed by atoms with Gasteiger partial charge in [0.05, 0.1) is 23.1 Å². The lowest BCUT2D eigenvalue weighted by Crippen LogP contribution is -1.94. The number of imidazole rings is 1. The van der Waals surface area contributed by atoms with Gasteiger partial charge in [-0.3, -0.25) is 9.55 Å². The summed E-state index contributed by atoms with van der Waals surface area (Å²) in [4.78, 5) is 12.8. The van der Waals surface area contributed by atoms with Crippen LogP contribution in [0.2, 0.25) is 0 Å². The predicted molar refractivity (Wildman–Crippen MR) is 86.5 cm³/mol. The van der Waals surface area contributed by atoms with Crippen LogP contribution in [-0.4, -0.2) is 19.5 Å². The number of hydrogen-bond donors (Lipinski definition) is 1. The van der Waals surface area contributed by atoms with Gasteiger partial charge in [0, 0.05) is 11.8 Å². The van der Waals surface area contributed by atoms with Crippen molar-refractivity contribution in [2.45, 2.75) is 0 Å². The van der Waals surface area contributed by atoms with Crippen LogP contribution >= 0.6 is 0 Å². The molecule has 0 aliphatic rings. The summed E-state index contributed by atoms with van der Waals surface area (Å²) in [5.74, 6) is 0.168. The molecule has 3 aromatic heterocycles. The Kier molecular flexibility index (Phi) is 3.01. The Bertz CT molecular complexity index is 991. The highest BCUT2D eigenvalue weighted by atomic mass is 19.1. The highest BCUT2D eigenvalue weighted by molar-refractivity contribution is 5.81. The predicted octanol–water partition coefficient (Wildman–Crippen LogP) is 3.20. The Balaban J connectivity index is 1.88. The van der Waals surface area contributed by atoms with Gasteiger partial charge in [0.1, 0.15) is 23.5 Å². The minimum absolute atomic E-state index is 0.290. The zero-order valence-electron chi connectivity index (χ0n) is 12.0. The Morgan fingerprint density at radius 1 is 0.957 bits per heavy atom. The van der Waals surface area contributed by atoms with Crippen LogP contribution < -0.4 is 5.73 Å². The summed E-state index contributed by atoms with van der Waals surface area (Å²) in [6, 6.07) is 11.9. The largest absolute Gasteiger partial charge is 0.384 e. The van der Waals surface area contributed by atoms with Gasteiger partial charge in [-0.15, -0.1) is 0 Å². The Morgan fingerprint density at radius 2 is 1.87 bits per heavy atom. The van der Waals surface area contributed by atoms with Crippen molar-refractivity contribution in [2.75, 3.05) is 5.73 Å². The highest BCUT2D eigenvalue weighted by Gasteiger charge is 2.09. The van der Waals surface area contributed by atoms with E-state index < -0.39 is 0 Å². The van der Waals surface area contributed by atoms with E-state index >= 15 is 0 Å². The molecule has 3 heterocycles. The van der Waals surface area contributed by atoms with Crippen molar-refractivity contribution in [3.63, 3.8) is 0 Å². The molecule has 0 saturated heterocycles. The van der Waals surface area contributed by atoms with Crippen LogP contribution in [0.25, 0.3) is 28.0 Å². The van der Waals surface area contributed by atoms with E-state index in [1.54, 1.807) is 30.9 Å². The van der Waals surface area contributed by atoms with Gasteiger partial charge in [0.2, 0.25) is 0 Å². The molecule has 0 aliphatic heterocycles. The molecule has 0 radical (unpaired) electrons. The fourth-order valence-electron chi connectivity index (χ4n) is 2.46. The second-order valence-electron chi connectivity index (χ2n) is 5.12. The Labute approximate surface area is 131 Å². The molecule has 0 unspecified atom stereocenters. The molecule has 0 spiro atoms. The highest BCUT2D eigenvalue weighted by Crippen LogP contribution is 2.23. The number of aromatic nitrogens is 4. The standard InChI is InChI=1S/C17H12FN5/c18-12-2-1-3-13(6-12)23-10-22-15-9-20-14(7-16(15)23)11-4-5-17(19)21-8-11/h1-10H,(H2,19,21). The summed E-state index contributed by atoms with van der Waals surface area (Å²) in [5, 5.41) is 0. The van der Waals surface area contributed by atoms with Gasteiger partial charge in [0.25, 0.3) is 0 Å². The van der Waals surface area contributed by atoms with Crippen LogP contribution in [-0.2, 0) is 0 Å². The van der Waals surface area contributed by atoms with E-state index in [1.807, 2.05) is 22.8 Å². The lowest BCUT2D eigenvalue weighted by atomic mass is 10.2. The number of nitrogen functional groups attached to an aromatic ring is 1. The second-order valence-corrected chi connectivity index (χ2v) is 5.12. The molecule has 23 heavy (non-hydrogen) atoms. The first kappa shape index (κ1) is 13.4. The maximum Gasteiger partial charge on any atom is 0.125 e. The summed E-state index contributed by atoms with van der Waals surface area (Å²) >= 11 is 0. The molecule has 4 aromatic rings. The first-order valence-corrected chi connectivity index (χ1v) is 7.02. The van der Waals surface area contributed by atoms with Crippen molar-refractivity contribution in [1.82, 2.24) is 19.5 Å². The fourth-order valence-corrected chi connectivity index (χ4v) is 2.46. The molecule has 0 aliphatic carbocycles. The molecule has 5 nitrogen and oxygen atoms in total. The zero-order chi connectivity index (χ0) is 15.8. The van der Waals surface area contributed by atoms with E-state index in [1.165, 1.54) is 12.1 Å². The first-order chi connectivity index (χ1) is 11.2. The van der Waals surface area contributed by atoms with Gasteiger partial charge >= 0.3 is 0 Å². The third kappa shape index (κ3) is 2.40. The lowest BCUT2D eigenvalue weighted by molar-refractivity contribution is 0.627. The van der Waals surface area contributed by atoms with Crippen LogP contribution in [0.1, 0.15) is 0 Å². The third-order valence-electron chi connectivity index (χ3n) is 3.60. The summed E-state index contributed by atoms with van der Waals surface area (Å²) in [7, 11) is 0. The molecule has 1 aromatic carbocycles. The molecule has 0 saturated carbocycles. The number of nitrogens with zero attached hydrogens (tertiary/aromatic N) is 4. The number of fused-ring (bicyclic) bond motifs is 1. The molecule has 0 fully saturated rings. The average Bonchev–Trinajstić information content (AvgIpc) is 2.98. The Hall–Kier alpha value is -3.28. The Morgan fingerprint density at radius 3 is 2.65 bits per heavy atom. The topological polar surface area (TPSA) is 69.6 Å². The zero-order valence-corrected chi connectivity index (χ0v) is 12.0. The minimum atomic E-state index is -0.290. The maximum absolute atomic E-state index is 13.5.